The first-order chi connectivity index (χ1) is 17.8. The maximum Gasteiger partial charge on any atom is 0.246 e. The Hall–Kier alpha value is -2.38. The number of nitrogens with zero attached hydrogens (tertiary/aromatic N) is 3. The van der Waals surface area contributed by atoms with Gasteiger partial charge in [0.1, 0.15) is 17.2 Å². The number of piperidine rings is 1. The number of rotatable bonds is 5. The number of likely N-dealkylation sites (tertiary alicyclic amines) is 1. The van der Waals surface area contributed by atoms with Gasteiger partial charge < -0.3 is 15.3 Å². The topological polar surface area (TPSA) is 132 Å². The largest absolute Gasteiger partial charge is 0.391 e. The number of benzene rings is 1. The number of amides is 2. The van der Waals surface area contributed by atoms with Crippen molar-refractivity contribution >= 4 is 33.2 Å². The van der Waals surface area contributed by atoms with Crippen LogP contribution in [-0.4, -0.2) is 82.7 Å². The zero-order chi connectivity index (χ0) is 27.5. The van der Waals surface area contributed by atoms with Crippen LogP contribution in [0.15, 0.2) is 29.8 Å². The van der Waals surface area contributed by atoms with Crippen molar-refractivity contribution in [1.82, 2.24) is 24.8 Å². The molecule has 3 aliphatic heterocycles. The third-order valence-electron chi connectivity index (χ3n) is 8.20. The van der Waals surface area contributed by atoms with Crippen molar-refractivity contribution in [2.45, 2.75) is 75.8 Å². The number of sulfonamides is 1. The van der Waals surface area contributed by atoms with Crippen LogP contribution in [0.1, 0.15) is 50.8 Å². The van der Waals surface area contributed by atoms with Gasteiger partial charge in [-0.1, -0.05) is 30.7 Å². The Morgan fingerprint density at radius 2 is 1.92 bits per heavy atom. The van der Waals surface area contributed by atoms with E-state index in [-0.39, 0.29) is 24.8 Å². The quantitative estimate of drug-likeness (QED) is 0.505. The summed E-state index contributed by atoms with van der Waals surface area (Å²) in [7, 11) is -3.57. The number of carbonyl (C=O) groups is 2. The SMILES string of the molecule is Cc1ncsc1-c1ccc([C@]2(C)NC(C)([C@@H]3C[C@@H](O)CN3C(=O)[C@@H]3CCCCN3S(C)(=O)=O)NC2=O)cc1. The van der Waals surface area contributed by atoms with E-state index in [2.05, 4.69) is 15.6 Å². The van der Waals surface area contributed by atoms with Crippen LogP contribution < -0.4 is 10.6 Å². The minimum absolute atomic E-state index is 0.0877. The summed E-state index contributed by atoms with van der Waals surface area (Å²) in [6, 6.07) is 6.43. The van der Waals surface area contributed by atoms with Gasteiger partial charge in [0.25, 0.3) is 0 Å². The zero-order valence-electron chi connectivity index (χ0n) is 22.1. The lowest BCUT2D eigenvalue weighted by atomic mass is 9.90. The number of thiazole rings is 1. The van der Waals surface area contributed by atoms with Crippen LogP contribution in [0.5, 0.6) is 0 Å². The highest BCUT2D eigenvalue weighted by molar-refractivity contribution is 7.88. The number of aromatic nitrogens is 1. The van der Waals surface area contributed by atoms with Gasteiger partial charge >= 0.3 is 0 Å². The third kappa shape index (κ3) is 4.66. The maximum atomic E-state index is 13.8. The van der Waals surface area contributed by atoms with Crippen LogP contribution in [0.3, 0.4) is 0 Å². The summed E-state index contributed by atoms with van der Waals surface area (Å²) in [6.07, 6.45) is 2.51. The summed E-state index contributed by atoms with van der Waals surface area (Å²) in [5, 5.41) is 17.1. The highest BCUT2D eigenvalue weighted by Gasteiger charge is 2.57. The molecule has 12 heteroatoms. The fraction of sp³-hybridized carbons (Fsp3) is 0.577. The molecule has 0 radical (unpaired) electrons. The number of nitrogens with one attached hydrogen (secondary N) is 2. The van der Waals surface area contributed by atoms with Gasteiger partial charge in [0, 0.05) is 13.1 Å². The van der Waals surface area contributed by atoms with E-state index in [9.17, 15) is 23.1 Å². The molecule has 4 heterocycles. The predicted octanol–water partition coefficient (Wildman–Crippen LogP) is 1.55. The fourth-order valence-corrected chi connectivity index (χ4v) is 8.15. The van der Waals surface area contributed by atoms with E-state index in [0.717, 1.165) is 34.4 Å². The molecule has 3 saturated heterocycles. The Morgan fingerprint density at radius 1 is 1.21 bits per heavy atom. The average molecular weight is 562 g/mol. The van der Waals surface area contributed by atoms with Crippen LogP contribution in [0, 0.1) is 6.92 Å². The number of aliphatic hydroxyl groups excluding tert-OH is 1. The molecule has 3 aliphatic rings. The molecule has 206 valence electrons. The first kappa shape index (κ1) is 27.2. The molecule has 0 bridgehead atoms. The van der Waals surface area contributed by atoms with E-state index in [1.165, 1.54) is 4.31 Å². The molecular formula is C26H35N5O5S2. The second kappa shape index (κ2) is 9.67. The minimum Gasteiger partial charge on any atom is -0.391 e. The number of aryl methyl sites for hydroxylation is 1. The standard InChI is InChI=1S/C26H35N5O5S2/c1-16-22(37-15-27-16)17-8-10-18(11-9-17)25(2)24(34)28-26(3,29-25)21-13-19(32)14-30(21)23(33)20-7-5-6-12-31(20)38(4,35)36/h8-11,15,19-21,29,32H,5-7,12-14H2,1-4H3,(H,28,34)/t19-,20+,21+,25+,26?/m1/s1. The number of hydrogen-bond donors (Lipinski definition) is 3. The highest BCUT2D eigenvalue weighted by Crippen LogP contribution is 2.38. The van der Waals surface area contributed by atoms with Gasteiger partial charge in [-0.25, -0.2) is 13.4 Å². The van der Waals surface area contributed by atoms with Crippen LogP contribution in [0.4, 0.5) is 0 Å². The molecule has 3 fully saturated rings. The molecule has 0 saturated carbocycles. The number of β-amino-alcohol motifs (C(OH)–C–C–N with tert-alkyl or cyclic N) is 1. The van der Waals surface area contributed by atoms with E-state index in [1.807, 2.05) is 50.5 Å². The number of hydrogen-bond acceptors (Lipinski definition) is 8. The first-order valence-electron chi connectivity index (χ1n) is 12.9. The molecule has 5 atom stereocenters. The molecule has 1 aromatic carbocycles. The molecule has 0 spiro atoms. The Balaban J connectivity index is 1.41. The van der Waals surface area contributed by atoms with Crippen LogP contribution >= 0.6 is 11.3 Å². The van der Waals surface area contributed by atoms with Gasteiger partial charge in [0.05, 0.1) is 34.5 Å². The maximum absolute atomic E-state index is 13.8. The molecule has 1 unspecified atom stereocenters. The lowest BCUT2D eigenvalue weighted by Gasteiger charge is -2.42. The highest BCUT2D eigenvalue weighted by atomic mass is 32.2. The molecular weight excluding hydrogens is 526 g/mol. The summed E-state index contributed by atoms with van der Waals surface area (Å²) in [5.74, 6) is -0.558. The van der Waals surface area contributed by atoms with E-state index >= 15 is 0 Å². The number of carbonyl (C=O) groups excluding carboxylic acids is 2. The molecule has 5 rings (SSSR count). The van der Waals surface area contributed by atoms with E-state index in [0.29, 0.717) is 19.4 Å². The molecule has 38 heavy (non-hydrogen) atoms. The summed E-state index contributed by atoms with van der Waals surface area (Å²) < 4.78 is 26.1. The molecule has 10 nitrogen and oxygen atoms in total. The van der Waals surface area contributed by atoms with Crippen molar-refractivity contribution in [3.63, 3.8) is 0 Å². The van der Waals surface area contributed by atoms with E-state index in [1.54, 1.807) is 16.2 Å². The van der Waals surface area contributed by atoms with Gasteiger partial charge in [-0.05, 0) is 51.2 Å². The molecule has 1 aromatic heterocycles. The zero-order valence-corrected chi connectivity index (χ0v) is 23.7. The summed E-state index contributed by atoms with van der Waals surface area (Å²) in [4.78, 5) is 34.2. The third-order valence-corrected chi connectivity index (χ3v) is 10.5. The minimum atomic E-state index is -3.57. The Bertz CT molecular complexity index is 1350. The predicted molar refractivity (Wildman–Crippen MR) is 145 cm³/mol. The first-order valence-corrected chi connectivity index (χ1v) is 15.6. The normalized spacial score (nSPS) is 32.5. The Morgan fingerprint density at radius 3 is 2.55 bits per heavy atom. The lowest BCUT2D eigenvalue weighted by Crippen LogP contribution is -2.64. The Kier molecular flexibility index (Phi) is 6.92. The van der Waals surface area contributed by atoms with Crippen LogP contribution in [0.2, 0.25) is 0 Å². The van der Waals surface area contributed by atoms with Crippen molar-refractivity contribution < 1.29 is 23.1 Å². The number of aliphatic hydroxyl groups is 1. The van der Waals surface area contributed by atoms with Gasteiger partial charge in [-0.3, -0.25) is 14.9 Å². The van der Waals surface area contributed by atoms with Gasteiger partial charge in [-0.2, -0.15) is 4.31 Å². The van der Waals surface area contributed by atoms with Crippen LogP contribution in [-0.2, 0) is 25.2 Å². The molecule has 2 amide bonds. The van der Waals surface area contributed by atoms with Crippen molar-refractivity contribution in [2.24, 2.45) is 0 Å². The monoisotopic (exact) mass is 561 g/mol. The molecule has 2 aromatic rings. The average Bonchev–Trinajstić information content (AvgIpc) is 3.54. The summed E-state index contributed by atoms with van der Waals surface area (Å²) >= 11 is 1.57. The van der Waals surface area contributed by atoms with Crippen molar-refractivity contribution in [1.29, 1.82) is 0 Å². The van der Waals surface area contributed by atoms with Crippen molar-refractivity contribution in [3.05, 3.63) is 41.0 Å². The second-order valence-electron chi connectivity index (χ2n) is 11.0. The lowest BCUT2D eigenvalue weighted by molar-refractivity contribution is -0.139. The van der Waals surface area contributed by atoms with Gasteiger partial charge in [-0.15, -0.1) is 11.3 Å². The van der Waals surface area contributed by atoms with E-state index < -0.39 is 39.4 Å². The van der Waals surface area contributed by atoms with Crippen LogP contribution in [0.25, 0.3) is 10.4 Å². The molecule has 3 N–H and O–H groups in total. The van der Waals surface area contributed by atoms with Crippen molar-refractivity contribution in [2.75, 3.05) is 19.3 Å². The second-order valence-corrected chi connectivity index (χ2v) is 13.8. The Labute approximate surface area is 227 Å². The van der Waals surface area contributed by atoms with E-state index in [4.69, 9.17) is 0 Å². The fourth-order valence-electron chi connectivity index (χ4n) is 6.22. The summed E-state index contributed by atoms with van der Waals surface area (Å²) in [5.41, 5.74) is 2.46. The van der Waals surface area contributed by atoms with Crippen molar-refractivity contribution in [3.8, 4) is 10.4 Å². The van der Waals surface area contributed by atoms with Gasteiger partial charge in [0.2, 0.25) is 21.8 Å². The molecule has 0 aliphatic carbocycles. The van der Waals surface area contributed by atoms with Gasteiger partial charge in [0.15, 0.2) is 0 Å². The smallest absolute Gasteiger partial charge is 0.246 e. The summed E-state index contributed by atoms with van der Waals surface area (Å²) in [6.45, 7) is 5.99.